The van der Waals surface area contributed by atoms with Crippen LogP contribution in [0.5, 0.6) is 0 Å². The van der Waals surface area contributed by atoms with Crippen molar-refractivity contribution in [3.8, 4) is 0 Å². The number of methoxy groups -OCH3 is 1. The zero-order valence-electron chi connectivity index (χ0n) is 10.9. The second kappa shape index (κ2) is 5.96. The van der Waals surface area contributed by atoms with E-state index in [4.69, 9.17) is 0 Å². The molecule has 20 heavy (non-hydrogen) atoms. The van der Waals surface area contributed by atoms with E-state index in [1.54, 1.807) is 0 Å². The second-order valence-electron chi connectivity index (χ2n) is 4.36. The molecule has 0 saturated carbocycles. The van der Waals surface area contributed by atoms with Crippen LogP contribution in [0.15, 0.2) is 18.2 Å². The molecule has 0 radical (unpaired) electrons. The first-order valence-corrected chi connectivity index (χ1v) is 6.07. The van der Waals surface area contributed by atoms with Crippen LogP contribution in [0.2, 0.25) is 0 Å². The average molecular weight is 284 g/mol. The van der Waals surface area contributed by atoms with Crippen LogP contribution in [0.3, 0.4) is 0 Å². The molecule has 1 amide bonds. The summed E-state index contributed by atoms with van der Waals surface area (Å²) in [5.41, 5.74) is 0.169. The minimum absolute atomic E-state index is 0.0171. The number of hydrogen-bond donors (Lipinski definition) is 1. The third-order valence-electron chi connectivity index (χ3n) is 3.12. The summed E-state index contributed by atoms with van der Waals surface area (Å²) < 4.78 is 31.2. The fourth-order valence-corrected chi connectivity index (χ4v) is 2.11. The minimum atomic E-state index is -0.736. The predicted molar refractivity (Wildman–Crippen MR) is 65.4 cm³/mol. The Balaban J connectivity index is 2.17. The summed E-state index contributed by atoms with van der Waals surface area (Å²) in [4.78, 5) is 24.2. The summed E-state index contributed by atoms with van der Waals surface area (Å²) in [6.07, 6.45) is -0.684. The number of ether oxygens (including phenoxy) is 1. The first kappa shape index (κ1) is 14.4. The molecule has 5 nitrogen and oxygen atoms in total. The van der Waals surface area contributed by atoms with E-state index in [1.807, 2.05) is 0 Å². The van der Waals surface area contributed by atoms with Gasteiger partial charge in [0.2, 0.25) is 5.91 Å². The monoisotopic (exact) mass is 284 g/mol. The van der Waals surface area contributed by atoms with Crippen LogP contribution in [0.4, 0.5) is 8.78 Å². The molecule has 0 aliphatic carbocycles. The molecule has 1 atom stereocenters. The van der Waals surface area contributed by atoms with Gasteiger partial charge in [0.05, 0.1) is 20.1 Å². The predicted octanol–water partition coefficient (Wildman–Crippen LogP) is 0.958. The summed E-state index contributed by atoms with van der Waals surface area (Å²) >= 11 is 0. The molecule has 1 aliphatic rings. The molecule has 7 heteroatoms. The lowest BCUT2D eigenvalue weighted by molar-refractivity contribution is -0.141. The number of carbonyl (C=O) groups excluding carboxylic acids is 2. The molecular formula is C13H14F2N2O3. The summed E-state index contributed by atoms with van der Waals surface area (Å²) in [5, 5.41) is 2.84. The highest BCUT2D eigenvalue weighted by molar-refractivity contribution is 5.81. The third kappa shape index (κ3) is 2.93. The Morgan fingerprint density at radius 1 is 1.50 bits per heavy atom. The molecule has 1 aliphatic heterocycles. The lowest BCUT2D eigenvalue weighted by Crippen LogP contribution is -2.33. The van der Waals surface area contributed by atoms with Crippen molar-refractivity contribution in [2.75, 3.05) is 20.2 Å². The maximum absolute atomic E-state index is 13.8. The molecular weight excluding hydrogens is 270 g/mol. The van der Waals surface area contributed by atoms with Crippen LogP contribution in [-0.4, -0.2) is 37.0 Å². The number of amides is 1. The number of esters is 1. The quantitative estimate of drug-likeness (QED) is 0.837. The highest BCUT2D eigenvalue weighted by atomic mass is 19.1. The van der Waals surface area contributed by atoms with Crippen molar-refractivity contribution in [1.29, 1.82) is 0 Å². The molecule has 0 aromatic heterocycles. The van der Waals surface area contributed by atoms with Crippen LogP contribution >= 0.6 is 0 Å². The van der Waals surface area contributed by atoms with Crippen molar-refractivity contribution in [2.24, 2.45) is 0 Å². The molecule has 1 saturated heterocycles. The van der Waals surface area contributed by atoms with Crippen LogP contribution in [-0.2, 0) is 14.3 Å². The van der Waals surface area contributed by atoms with Gasteiger partial charge in [-0.3, -0.25) is 14.9 Å². The maximum Gasteiger partial charge on any atom is 0.307 e. The first-order chi connectivity index (χ1) is 9.52. The molecule has 1 heterocycles. The first-order valence-electron chi connectivity index (χ1n) is 6.07. The zero-order valence-corrected chi connectivity index (χ0v) is 10.9. The summed E-state index contributed by atoms with van der Waals surface area (Å²) in [6.45, 7) is 0.155. The van der Waals surface area contributed by atoms with Gasteiger partial charge in [0.25, 0.3) is 0 Å². The van der Waals surface area contributed by atoms with E-state index in [0.29, 0.717) is 0 Å². The Morgan fingerprint density at radius 3 is 2.90 bits per heavy atom. The van der Waals surface area contributed by atoms with Crippen molar-refractivity contribution >= 4 is 11.9 Å². The Morgan fingerprint density at radius 2 is 2.25 bits per heavy atom. The van der Waals surface area contributed by atoms with Crippen molar-refractivity contribution < 1.29 is 23.1 Å². The molecule has 108 valence electrons. The van der Waals surface area contributed by atoms with Crippen LogP contribution in [0, 0.1) is 11.6 Å². The number of nitrogens with zero attached hydrogens (tertiary/aromatic N) is 1. The van der Waals surface area contributed by atoms with Crippen molar-refractivity contribution in [2.45, 2.75) is 12.6 Å². The molecule has 2 rings (SSSR count). The van der Waals surface area contributed by atoms with Gasteiger partial charge in [-0.25, -0.2) is 8.78 Å². The number of carbonyl (C=O) groups is 2. The van der Waals surface area contributed by atoms with Crippen molar-refractivity contribution in [3.05, 3.63) is 35.4 Å². The molecule has 1 fully saturated rings. The lowest BCUT2D eigenvalue weighted by Gasteiger charge is -2.24. The van der Waals surface area contributed by atoms with Gasteiger partial charge in [-0.1, -0.05) is 0 Å². The average Bonchev–Trinajstić information content (AvgIpc) is 2.77. The van der Waals surface area contributed by atoms with Crippen LogP contribution in [0.25, 0.3) is 0 Å². The molecule has 0 bridgehead atoms. The number of nitrogens with one attached hydrogen (secondary N) is 1. The summed E-state index contributed by atoms with van der Waals surface area (Å²) in [5.74, 6) is -2.12. The van der Waals surface area contributed by atoms with Gasteiger partial charge in [-0.15, -0.1) is 0 Å². The Bertz CT molecular complexity index is 536. The van der Waals surface area contributed by atoms with Gasteiger partial charge >= 0.3 is 5.97 Å². The number of benzene rings is 1. The van der Waals surface area contributed by atoms with Gasteiger partial charge in [-0.05, 0) is 12.1 Å². The third-order valence-corrected chi connectivity index (χ3v) is 3.12. The number of hydrogen-bond acceptors (Lipinski definition) is 4. The molecule has 1 aromatic rings. The van der Waals surface area contributed by atoms with E-state index in [-0.39, 0.29) is 31.0 Å². The van der Waals surface area contributed by atoms with E-state index in [0.717, 1.165) is 12.1 Å². The van der Waals surface area contributed by atoms with Gasteiger partial charge < -0.3 is 9.64 Å². The van der Waals surface area contributed by atoms with E-state index in [2.05, 4.69) is 10.1 Å². The van der Waals surface area contributed by atoms with Crippen LogP contribution < -0.4 is 5.32 Å². The summed E-state index contributed by atoms with van der Waals surface area (Å²) in [7, 11) is 1.25. The number of rotatable bonds is 4. The van der Waals surface area contributed by atoms with Gasteiger partial charge in [0, 0.05) is 18.2 Å². The maximum atomic E-state index is 13.8. The van der Waals surface area contributed by atoms with E-state index in [9.17, 15) is 18.4 Å². The van der Waals surface area contributed by atoms with Gasteiger partial charge in [-0.2, -0.15) is 0 Å². The molecule has 1 unspecified atom stereocenters. The zero-order chi connectivity index (χ0) is 14.7. The van der Waals surface area contributed by atoms with E-state index in [1.165, 1.54) is 18.1 Å². The van der Waals surface area contributed by atoms with Crippen LogP contribution in [0.1, 0.15) is 18.2 Å². The Kier molecular flexibility index (Phi) is 4.29. The van der Waals surface area contributed by atoms with E-state index < -0.39 is 23.8 Å². The molecule has 1 aromatic carbocycles. The molecule has 1 N–H and O–H groups in total. The largest absolute Gasteiger partial charge is 0.469 e. The SMILES string of the molecule is COC(=O)CCN1C(=O)CNC1c1ccc(F)cc1F. The lowest BCUT2D eigenvalue weighted by atomic mass is 10.1. The topological polar surface area (TPSA) is 58.6 Å². The Hall–Kier alpha value is -2.02. The fourth-order valence-electron chi connectivity index (χ4n) is 2.11. The summed E-state index contributed by atoms with van der Waals surface area (Å²) in [6, 6.07) is 3.17. The number of halogens is 2. The fraction of sp³-hybridized carbons (Fsp3) is 0.385. The van der Waals surface area contributed by atoms with Crippen molar-refractivity contribution in [1.82, 2.24) is 10.2 Å². The normalized spacial score (nSPS) is 18.4. The second-order valence-corrected chi connectivity index (χ2v) is 4.36. The standard InChI is InChI=1S/C13H14F2N2O3/c1-20-12(19)4-5-17-11(18)7-16-13(17)9-3-2-8(14)6-10(9)15/h2-3,6,13,16H,4-5,7H2,1H3. The Labute approximate surface area is 114 Å². The van der Waals surface area contributed by atoms with Gasteiger partial charge in [0.15, 0.2) is 0 Å². The highest BCUT2D eigenvalue weighted by Crippen LogP contribution is 2.25. The van der Waals surface area contributed by atoms with E-state index >= 15 is 0 Å². The van der Waals surface area contributed by atoms with Gasteiger partial charge in [0.1, 0.15) is 17.8 Å². The molecule has 0 spiro atoms. The highest BCUT2D eigenvalue weighted by Gasteiger charge is 2.33. The van der Waals surface area contributed by atoms with Crippen molar-refractivity contribution in [3.63, 3.8) is 0 Å². The minimum Gasteiger partial charge on any atom is -0.469 e. The smallest absolute Gasteiger partial charge is 0.307 e.